The number of aromatic nitrogens is 1. The Kier molecular flexibility index (Phi) is 7.45. The summed E-state index contributed by atoms with van der Waals surface area (Å²) in [6, 6.07) is 18.4. The number of halogens is 1. The summed E-state index contributed by atoms with van der Waals surface area (Å²) in [4.78, 5) is 68.3. The van der Waals surface area contributed by atoms with Crippen LogP contribution >= 0.6 is 11.6 Å². The number of carbonyl (C=O) groups excluding carboxylic acids is 4. The molecule has 11 heteroatoms. The average molecular weight is 598 g/mol. The highest BCUT2D eigenvalue weighted by Gasteiger charge is 2.48. The lowest BCUT2D eigenvalue weighted by molar-refractivity contribution is -0.384. The molecule has 1 aliphatic heterocycles. The second-order valence-corrected chi connectivity index (χ2v) is 11.0. The van der Waals surface area contributed by atoms with E-state index in [1.807, 2.05) is 0 Å². The van der Waals surface area contributed by atoms with E-state index in [0.717, 1.165) is 31.7 Å². The largest absolute Gasteiger partial charge is 0.454 e. The van der Waals surface area contributed by atoms with Gasteiger partial charge in [0, 0.05) is 28.6 Å². The van der Waals surface area contributed by atoms with Gasteiger partial charge in [0.2, 0.25) is 17.6 Å². The number of amides is 2. The molecular formula is C32H24ClN3O7. The van der Waals surface area contributed by atoms with Gasteiger partial charge in [-0.15, -0.1) is 0 Å². The fourth-order valence-corrected chi connectivity index (χ4v) is 6.03. The summed E-state index contributed by atoms with van der Waals surface area (Å²) in [6.07, 6.45) is 3.33. The van der Waals surface area contributed by atoms with Crippen molar-refractivity contribution in [1.29, 1.82) is 0 Å². The van der Waals surface area contributed by atoms with Crippen molar-refractivity contribution in [3.63, 3.8) is 0 Å². The van der Waals surface area contributed by atoms with Gasteiger partial charge in [-0.1, -0.05) is 60.8 Å². The molecule has 0 bridgehead atoms. The first-order valence-corrected chi connectivity index (χ1v) is 14.1. The third-order valence-corrected chi connectivity index (χ3v) is 8.29. The lowest BCUT2D eigenvalue weighted by atomic mass is 9.81. The fourth-order valence-electron chi connectivity index (χ4n) is 5.81. The summed E-state index contributed by atoms with van der Waals surface area (Å²) in [5.74, 6) is -2.26. The number of ketones is 1. The topological polar surface area (TPSA) is 137 Å². The predicted molar refractivity (Wildman–Crippen MR) is 158 cm³/mol. The molecule has 2 aliphatic rings. The number of nitro groups is 1. The molecule has 2 atom stereocenters. The highest BCUT2D eigenvalue weighted by molar-refractivity contribution is 6.35. The minimum atomic E-state index is -0.804. The van der Waals surface area contributed by atoms with Crippen LogP contribution in [0.15, 0.2) is 72.8 Å². The van der Waals surface area contributed by atoms with E-state index in [2.05, 4.69) is 4.98 Å². The van der Waals surface area contributed by atoms with E-state index in [-0.39, 0.29) is 40.5 Å². The number of imide groups is 1. The molecule has 2 fully saturated rings. The summed E-state index contributed by atoms with van der Waals surface area (Å²) in [6.45, 7) is -0.631. The van der Waals surface area contributed by atoms with Crippen LogP contribution in [0, 0.1) is 22.0 Å². The van der Waals surface area contributed by atoms with Crippen LogP contribution in [-0.2, 0) is 14.3 Å². The van der Waals surface area contributed by atoms with Crippen molar-refractivity contribution < 1.29 is 28.8 Å². The normalized spacial score (nSPS) is 18.0. The van der Waals surface area contributed by atoms with Crippen LogP contribution in [0.1, 0.15) is 46.4 Å². The van der Waals surface area contributed by atoms with Crippen molar-refractivity contribution in [2.24, 2.45) is 11.8 Å². The van der Waals surface area contributed by atoms with Crippen molar-refractivity contribution >= 4 is 57.4 Å². The zero-order valence-electron chi connectivity index (χ0n) is 22.7. The number of benzene rings is 3. The SMILES string of the molecule is O=C(COC(=O)c1cc(-c2ccc(N3C(=O)C4CCCCC4C3=O)cc2)nc2c(Cl)cccc12)c1cccc([N+](=O)[O-])c1. The smallest absolute Gasteiger partial charge is 0.339 e. The number of carbonyl (C=O) groups is 4. The highest BCUT2D eigenvalue weighted by atomic mass is 35.5. The second-order valence-electron chi connectivity index (χ2n) is 10.6. The van der Waals surface area contributed by atoms with Gasteiger partial charge >= 0.3 is 5.97 Å². The molecule has 1 saturated heterocycles. The van der Waals surface area contributed by atoms with Gasteiger partial charge in [-0.25, -0.2) is 9.78 Å². The molecule has 0 spiro atoms. The maximum atomic E-state index is 13.3. The minimum absolute atomic E-state index is 0.0413. The molecule has 0 radical (unpaired) electrons. The van der Waals surface area contributed by atoms with Gasteiger partial charge in [-0.2, -0.15) is 0 Å². The first-order chi connectivity index (χ1) is 20.7. The van der Waals surface area contributed by atoms with E-state index in [4.69, 9.17) is 16.3 Å². The molecule has 1 aromatic heterocycles. The number of hydrogen-bond donors (Lipinski definition) is 0. The van der Waals surface area contributed by atoms with E-state index in [1.165, 1.54) is 29.2 Å². The van der Waals surface area contributed by atoms with E-state index in [0.29, 0.717) is 32.9 Å². The second kappa shape index (κ2) is 11.4. The summed E-state index contributed by atoms with van der Waals surface area (Å²) in [7, 11) is 0. The van der Waals surface area contributed by atoms with Crippen molar-refractivity contribution in [2.45, 2.75) is 25.7 Å². The van der Waals surface area contributed by atoms with Gasteiger partial charge in [0.25, 0.3) is 5.69 Å². The van der Waals surface area contributed by atoms with Crippen molar-refractivity contribution in [3.05, 3.63) is 99.1 Å². The number of pyridine rings is 1. The molecule has 10 nitrogen and oxygen atoms in total. The molecular weight excluding hydrogens is 574 g/mol. The number of hydrogen-bond acceptors (Lipinski definition) is 8. The van der Waals surface area contributed by atoms with Crippen LogP contribution in [0.25, 0.3) is 22.2 Å². The number of fused-ring (bicyclic) bond motifs is 2. The Labute approximate surface area is 250 Å². The summed E-state index contributed by atoms with van der Waals surface area (Å²) in [5, 5.41) is 11.8. The molecule has 1 aliphatic carbocycles. The van der Waals surface area contributed by atoms with Crippen LogP contribution in [-0.4, -0.2) is 40.1 Å². The third-order valence-electron chi connectivity index (χ3n) is 7.99. The molecule has 216 valence electrons. The Morgan fingerprint density at radius 2 is 1.63 bits per heavy atom. The first-order valence-electron chi connectivity index (χ1n) is 13.7. The van der Waals surface area contributed by atoms with Crippen molar-refractivity contribution in [3.8, 4) is 11.3 Å². The lowest BCUT2D eigenvalue weighted by Crippen LogP contribution is -2.30. The number of esters is 1. The van der Waals surface area contributed by atoms with E-state index >= 15 is 0 Å². The number of nitrogens with zero attached hydrogens (tertiary/aromatic N) is 3. The molecule has 3 aromatic carbocycles. The summed E-state index contributed by atoms with van der Waals surface area (Å²) in [5.41, 5.74) is 1.72. The zero-order valence-corrected chi connectivity index (χ0v) is 23.5. The molecule has 2 heterocycles. The number of para-hydroxylation sites is 1. The number of rotatable bonds is 7. The highest BCUT2D eigenvalue weighted by Crippen LogP contribution is 2.40. The van der Waals surface area contributed by atoms with Crippen LogP contribution in [0.2, 0.25) is 5.02 Å². The van der Waals surface area contributed by atoms with Crippen LogP contribution in [0.4, 0.5) is 11.4 Å². The van der Waals surface area contributed by atoms with Crippen molar-refractivity contribution in [2.75, 3.05) is 11.5 Å². The number of Topliss-reactive ketones (excluding diaryl/α,β-unsaturated/α-hetero) is 1. The van der Waals surface area contributed by atoms with E-state index in [1.54, 1.807) is 42.5 Å². The molecule has 2 unspecified atom stereocenters. The number of ether oxygens (including phenoxy) is 1. The van der Waals surface area contributed by atoms with E-state index in [9.17, 15) is 29.3 Å². The van der Waals surface area contributed by atoms with Crippen LogP contribution in [0.3, 0.4) is 0 Å². The predicted octanol–water partition coefficient (Wildman–Crippen LogP) is 6.18. The molecule has 6 rings (SSSR count). The fraction of sp³-hybridized carbons (Fsp3) is 0.219. The van der Waals surface area contributed by atoms with Gasteiger partial charge < -0.3 is 4.74 Å². The summed E-state index contributed by atoms with van der Waals surface area (Å²) >= 11 is 6.44. The van der Waals surface area contributed by atoms with Gasteiger partial charge in [0.15, 0.2) is 6.61 Å². The molecule has 1 saturated carbocycles. The number of nitro benzene ring substituents is 1. The van der Waals surface area contributed by atoms with Gasteiger partial charge in [0.1, 0.15) is 0 Å². The van der Waals surface area contributed by atoms with E-state index < -0.39 is 23.3 Å². The first kappa shape index (κ1) is 28.2. The Morgan fingerprint density at radius 3 is 2.30 bits per heavy atom. The zero-order chi connectivity index (χ0) is 30.2. The maximum Gasteiger partial charge on any atom is 0.339 e. The standard InChI is InChI=1S/C32H24ClN3O7/c33-26-10-4-9-22-25(32(40)43-17-28(37)19-5-3-6-21(15-19)36(41)42)16-27(34-29(22)26)18-11-13-20(14-12-18)35-30(38)23-7-1-2-8-24(23)31(35)39/h3-6,9-16,23-24H,1-2,7-8,17H2. The maximum absolute atomic E-state index is 13.3. The monoisotopic (exact) mass is 597 g/mol. The quantitative estimate of drug-likeness (QED) is 0.0809. The van der Waals surface area contributed by atoms with Crippen molar-refractivity contribution in [1.82, 2.24) is 4.98 Å². The molecule has 43 heavy (non-hydrogen) atoms. The Balaban J connectivity index is 1.27. The minimum Gasteiger partial charge on any atom is -0.454 e. The van der Waals surface area contributed by atoms with Crippen LogP contribution < -0.4 is 4.90 Å². The Morgan fingerprint density at radius 1 is 0.953 bits per heavy atom. The molecule has 0 N–H and O–H groups in total. The third kappa shape index (κ3) is 5.25. The Hall–Kier alpha value is -4.96. The van der Waals surface area contributed by atoms with Crippen LogP contribution in [0.5, 0.6) is 0 Å². The average Bonchev–Trinajstić information content (AvgIpc) is 3.28. The molecule has 4 aromatic rings. The summed E-state index contributed by atoms with van der Waals surface area (Å²) < 4.78 is 5.33. The Bertz CT molecular complexity index is 1800. The lowest BCUT2D eigenvalue weighted by Gasteiger charge is -2.19. The van der Waals surface area contributed by atoms with Gasteiger partial charge in [-0.3, -0.25) is 29.4 Å². The molecule has 2 amide bonds. The number of anilines is 1. The van der Waals surface area contributed by atoms with Gasteiger partial charge in [0.05, 0.1) is 44.2 Å². The number of non-ortho nitro benzene ring substituents is 1. The van der Waals surface area contributed by atoms with Gasteiger partial charge in [-0.05, 0) is 37.1 Å².